The van der Waals surface area contributed by atoms with Crippen molar-refractivity contribution in [2.24, 2.45) is 0 Å². The maximum atomic E-state index is 11.6. The molecule has 0 N–H and O–H groups in total. The van der Waals surface area contributed by atoms with E-state index < -0.39 is 0 Å². The molecular formula is C16H12O2. The molecule has 1 heterocycles. The highest BCUT2D eigenvalue weighted by molar-refractivity contribution is 6.01. The van der Waals surface area contributed by atoms with Gasteiger partial charge in [-0.2, -0.15) is 0 Å². The smallest absolute Gasteiger partial charge is 0.339 e. The van der Waals surface area contributed by atoms with E-state index in [0.717, 1.165) is 16.7 Å². The van der Waals surface area contributed by atoms with Crippen LogP contribution < -0.4 is 0 Å². The van der Waals surface area contributed by atoms with Gasteiger partial charge in [-0.1, -0.05) is 48.5 Å². The molecule has 3 rings (SSSR count). The summed E-state index contributed by atoms with van der Waals surface area (Å²) in [5, 5.41) is 0. The molecule has 2 nitrogen and oxygen atoms in total. The van der Waals surface area contributed by atoms with Crippen molar-refractivity contribution < 1.29 is 9.53 Å². The fourth-order valence-electron chi connectivity index (χ4n) is 2.11. The third-order valence-corrected chi connectivity index (χ3v) is 2.99. The summed E-state index contributed by atoms with van der Waals surface area (Å²) in [7, 11) is 0. The molecule has 2 aromatic carbocycles. The van der Waals surface area contributed by atoms with E-state index in [1.54, 1.807) is 6.07 Å². The summed E-state index contributed by atoms with van der Waals surface area (Å²) in [6.07, 6.45) is 2.06. The molecular weight excluding hydrogens is 224 g/mol. The van der Waals surface area contributed by atoms with E-state index >= 15 is 0 Å². The molecule has 0 amide bonds. The summed E-state index contributed by atoms with van der Waals surface area (Å²) in [4.78, 5) is 11.6. The van der Waals surface area contributed by atoms with Gasteiger partial charge < -0.3 is 4.74 Å². The Morgan fingerprint density at radius 2 is 1.56 bits per heavy atom. The summed E-state index contributed by atoms with van der Waals surface area (Å²) >= 11 is 0. The van der Waals surface area contributed by atoms with Gasteiger partial charge in [0.2, 0.25) is 0 Å². The molecule has 0 bridgehead atoms. The van der Waals surface area contributed by atoms with Crippen LogP contribution in [0.1, 0.15) is 21.5 Å². The SMILES string of the molecule is O=C1OCC(=Cc2ccccc2)c2ccccc21. The standard InChI is InChI=1S/C16H12O2/c17-16-15-9-5-4-8-14(15)13(11-18-16)10-12-6-2-1-3-7-12/h1-10H,11H2. The normalized spacial score (nSPS) is 16.2. The number of cyclic esters (lactones) is 1. The topological polar surface area (TPSA) is 26.3 Å². The van der Waals surface area contributed by atoms with Gasteiger partial charge >= 0.3 is 5.97 Å². The van der Waals surface area contributed by atoms with Gasteiger partial charge in [-0.3, -0.25) is 0 Å². The molecule has 0 saturated heterocycles. The minimum Gasteiger partial charge on any atom is -0.457 e. The van der Waals surface area contributed by atoms with Crippen molar-refractivity contribution in [2.75, 3.05) is 6.61 Å². The van der Waals surface area contributed by atoms with Crippen LogP contribution in [0.15, 0.2) is 54.6 Å². The molecule has 0 atom stereocenters. The maximum Gasteiger partial charge on any atom is 0.339 e. The highest BCUT2D eigenvalue weighted by Crippen LogP contribution is 2.27. The third kappa shape index (κ3) is 1.93. The summed E-state index contributed by atoms with van der Waals surface area (Å²) in [5.74, 6) is -0.240. The zero-order valence-electron chi connectivity index (χ0n) is 9.80. The first-order valence-corrected chi connectivity index (χ1v) is 5.87. The van der Waals surface area contributed by atoms with Crippen LogP contribution in [0.5, 0.6) is 0 Å². The number of esters is 1. The monoisotopic (exact) mass is 236 g/mol. The Morgan fingerprint density at radius 1 is 0.889 bits per heavy atom. The first kappa shape index (κ1) is 10.8. The quantitative estimate of drug-likeness (QED) is 0.709. The van der Waals surface area contributed by atoms with Gasteiger partial charge in [0.05, 0.1) is 5.56 Å². The minimum atomic E-state index is -0.240. The molecule has 0 aromatic heterocycles. The van der Waals surface area contributed by atoms with Crippen molar-refractivity contribution in [1.29, 1.82) is 0 Å². The van der Waals surface area contributed by atoms with Crippen molar-refractivity contribution in [1.82, 2.24) is 0 Å². The van der Waals surface area contributed by atoms with Gasteiger partial charge in [-0.25, -0.2) is 4.79 Å². The number of fused-ring (bicyclic) bond motifs is 1. The molecule has 0 saturated carbocycles. The first-order chi connectivity index (χ1) is 8.84. The van der Waals surface area contributed by atoms with Crippen LogP contribution in [-0.2, 0) is 4.74 Å². The van der Waals surface area contributed by atoms with E-state index in [-0.39, 0.29) is 5.97 Å². The second-order valence-corrected chi connectivity index (χ2v) is 4.20. The van der Waals surface area contributed by atoms with Gasteiger partial charge in [0.15, 0.2) is 0 Å². The van der Waals surface area contributed by atoms with E-state index in [1.165, 1.54) is 0 Å². The molecule has 0 aliphatic carbocycles. The van der Waals surface area contributed by atoms with Crippen molar-refractivity contribution in [3.05, 3.63) is 71.3 Å². The van der Waals surface area contributed by atoms with Gasteiger partial charge in [0.1, 0.15) is 6.61 Å². The lowest BCUT2D eigenvalue weighted by Crippen LogP contribution is -2.16. The second kappa shape index (κ2) is 4.49. The Morgan fingerprint density at radius 3 is 2.33 bits per heavy atom. The number of benzene rings is 2. The average molecular weight is 236 g/mol. The number of ether oxygens (including phenoxy) is 1. The fourth-order valence-corrected chi connectivity index (χ4v) is 2.11. The lowest BCUT2D eigenvalue weighted by molar-refractivity contribution is 0.0544. The lowest BCUT2D eigenvalue weighted by atomic mass is 9.96. The van der Waals surface area contributed by atoms with E-state index in [4.69, 9.17) is 4.74 Å². The number of hydrogen-bond acceptors (Lipinski definition) is 2. The molecule has 2 heteroatoms. The number of carbonyl (C=O) groups is 1. The summed E-state index contributed by atoms with van der Waals surface area (Å²) in [6, 6.07) is 17.6. The van der Waals surface area contributed by atoms with Crippen LogP contribution in [0, 0.1) is 0 Å². The van der Waals surface area contributed by atoms with Crippen LogP contribution in [0.3, 0.4) is 0 Å². The highest BCUT2D eigenvalue weighted by atomic mass is 16.5. The van der Waals surface area contributed by atoms with Gasteiger partial charge in [-0.05, 0) is 28.8 Å². The van der Waals surface area contributed by atoms with Crippen LogP contribution in [0.2, 0.25) is 0 Å². The molecule has 0 fully saturated rings. The minimum absolute atomic E-state index is 0.240. The van der Waals surface area contributed by atoms with E-state index in [2.05, 4.69) is 6.08 Å². The Labute approximate surface area is 106 Å². The Balaban J connectivity index is 2.08. The van der Waals surface area contributed by atoms with Crippen LogP contribution >= 0.6 is 0 Å². The molecule has 1 aliphatic rings. The third-order valence-electron chi connectivity index (χ3n) is 2.99. The molecule has 2 aromatic rings. The molecule has 18 heavy (non-hydrogen) atoms. The highest BCUT2D eigenvalue weighted by Gasteiger charge is 2.21. The molecule has 1 aliphatic heterocycles. The predicted octanol–water partition coefficient (Wildman–Crippen LogP) is 3.40. The van der Waals surface area contributed by atoms with Crippen molar-refractivity contribution in [3.63, 3.8) is 0 Å². The Hall–Kier alpha value is -2.35. The molecule has 0 unspecified atom stereocenters. The van der Waals surface area contributed by atoms with Crippen LogP contribution in [-0.4, -0.2) is 12.6 Å². The lowest BCUT2D eigenvalue weighted by Gasteiger charge is -2.18. The first-order valence-electron chi connectivity index (χ1n) is 5.87. The summed E-state index contributed by atoms with van der Waals surface area (Å²) in [6.45, 7) is 0.338. The zero-order valence-corrected chi connectivity index (χ0v) is 9.80. The molecule has 0 radical (unpaired) electrons. The van der Waals surface area contributed by atoms with Gasteiger partial charge in [0.25, 0.3) is 0 Å². The molecule has 0 spiro atoms. The van der Waals surface area contributed by atoms with Crippen LogP contribution in [0.25, 0.3) is 11.6 Å². The van der Waals surface area contributed by atoms with E-state index in [1.807, 2.05) is 48.5 Å². The number of carbonyl (C=O) groups excluding carboxylic acids is 1. The summed E-state index contributed by atoms with van der Waals surface area (Å²) in [5.41, 5.74) is 3.76. The predicted molar refractivity (Wildman–Crippen MR) is 71.0 cm³/mol. The van der Waals surface area contributed by atoms with Crippen molar-refractivity contribution in [3.8, 4) is 0 Å². The van der Waals surface area contributed by atoms with E-state index in [0.29, 0.717) is 12.2 Å². The summed E-state index contributed by atoms with van der Waals surface area (Å²) < 4.78 is 5.18. The fraction of sp³-hybridized carbons (Fsp3) is 0.0625. The largest absolute Gasteiger partial charge is 0.457 e. The van der Waals surface area contributed by atoms with Crippen LogP contribution in [0.4, 0.5) is 0 Å². The van der Waals surface area contributed by atoms with Gasteiger partial charge in [0, 0.05) is 0 Å². The van der Waals surface area contributed by atoms with Crippen molar-refractivity contribution >= 4 is 17.6 Å². The second-order valence-electron chi connectivity index (χ2n) is 4.20. The van der Waals surface area contributed by atoms with Gasteiger partial charge in [-0.15, -0.1) is 0 Å². The zero-order chi connectivity index (χ0) is 12.4. The number of hydrogen-bond donors (Lipinski definition) is 0. The average Bonchev–Trinajstić information content (AvgIpc) is 2.44. The van der Waals surface area contributed by atoms with E-state index in [9.17, 15) is 4.79 Å². The molecule has 88 valence electrons. The number of rotatable bonds is 1. The van der Waals surface area contributed by atoms with Crippen molar-refractivity contribution in [2.45, 2.75) is 0 Å². The Bertz CT molecular complexity index is 612. The maximum absolute atomic E-state index is 11.6. The Kier molecular flexibility index (Phi) is 2.69.